The number of benzene rings is 1. The Morgan fingerprint density at radius 2 is 1.88 bits per heavy atom. The molecule has 0 radical (unpaired) electrons. The van der Waals surface area contributed by atoms with Gasteiger partial charge in [0, 0.05) is 12.2 Å². The van der Waals surface area contributed by atoms with Gasteiger partial charge in [-0.3, -0.25) is 0 Å². The van der Waals surface area contributed by atoms with Gasteiger partial charge in [-0.1, -0.05) is 6.92 Å². The molecule has 0 atom stereocenters. The maximum atomic E-state index is 11.8. The summed E-state index contributed by atoms with van der Waals surface area (Å²) in [7, 11) is -3.71. The zero-order valence-corrected chi connectivity index (χ0v) is 14.8. The summed E-state index contributed by atoms with van der Waals surface area (Å²) in [6.07, 6.45) is 3.41. The van der Waals surface area contributed by atoms with Crippen LogP contribution in [0.25, 0.3) is 0 Å². The van der Waals surface area contributed by atoms with Crippen LogP contribution in [0.2, 0.25) is 0 Å². The zero-order chi connectivity index (χ0) is 17.6. The minimum Gasteiger partial charge on any atom is -0.338 e. The smallest absolute Gasteiger partial charge is 0.319 e. The van der Waals surface area contributed by atoms with E-state index in [0.717, 1.165) is 32.0 Å². The summed E-state index contributed by atoms with van der Waals surface area (Å²) in [5.41, 5.74) is 0.518. The van der Waals surface area contributed by atoms with E-state index in [-0.39, 0.29) is 10.9 Å². The number of primary sulfonamides is 1. The monoisotopic (exact) mass is 354 g/mol. The molecule has 4 N–H and O–H groups in total. The molecule has 1 aromatic rings. The first kappa shape index (κ1) is 18.7. The number of hydrogen-bond donors (Lipinski definition) is 3. The van der Waals surface area contributed by atoms with E-state index in [1.807, 2.05) is 0 Å². The number of carbonyl (C=O) groups is 1. The van der Waals surface area contributed by atoms with Crippen LogP contribution in [0.4, 0.5) is 10.5 Å². The van der Waals surface area contributed by atoms with Crippen LogP contribution in [-0.4, -0.2) is 45.5 Å². The van der Waals surface area contributed by atoms with E-state index < -0.39 is 10.0 Å². The predicted molar refractivity (Wildman–Crippen MR) is 94.3 cm³/mol. The Bertz CT molecular complexity index is 638. The zero-order valence-electron chi connectivity index (χ0n) is 14.0. The number of hydrogen-bond acceptors (Lipinski definition) is 4. The van der Waals surface area contributed by atoms with E-state index >= 15 is 0 Å². The molecule has 1 fully saturated rings. The lowest BCUT2D eigenvalue weighted by molar-refractivity contribution is 0.190. The summed E-state index contributed by atoms with van der Waals surface area (Å²) in [4.78, 5) is 14.3. The van der Waals surface area contributed by atoms with Crippen molar-refractivity contribution in [3.63, 3.8) is 0 Å². The van der Waals surface area contributed by atoms with Crippen LogP contribution in [-0.2, 0) is 10.0 Å². The van der Waals surface area contributed by atoms with E-state index in [9.17, 15) is 13.2 Å². The SMILES string of the molecule is CC1CCN(CCCNC(=O)Nc2ccc(S(N)(=O)=O)cc2)CC1. The number of nitrogens with zero attached hydrogens (tertiary/aromatic N) is 1. The highest BCUT2D eigenvalue weighted by Gasteiger charge is 2.14. The summed E-state index contributed by atoms with van der Waals surface area (Å²) in [6.45, 7) is 6.18. The number of carbonyl (C=O) groups excluding carboxylic acids is 1. The number of rotatable bonds is 6. The Kier molecular flexibility index (Phi) is 6.59. The average Bonchev–Trinajstić information content (AvgIpc) is 2.53. The molecule has 1 aliphatic heterocycles. The summed E-state index contributed by atoms with van der Waals surface area (Å²) in [6, 6.07) is 5.44. The van der Waals surface area contributed by atoms with E-state index in [4.69, 9.17) is 5.14 Å². The van der Waals surface area contributed by atoms with Crippen molar-refractivity contribution in [3.8, 4) is 0 Å². The second-order valence-electron chi connectivity index (χ2n) is 6.33. The van der Waals surface area contributed by atoms with Gasteiger partial charge in [0.2, 0.25) is 10.0 Å². The highest BCUT2D eigenvalue weighted by Crippen LogP contribution is 2.15. The molecular weight excluding hydrogens is 328 g/mol. The lowest BCUT2D eigenvalue weighted by Crippen LogP contribution is -2.36. The highest BCUT2D eigenvalue weighted by molar-refractivity contribution is 7.89. The predicted octanol–water partition coefficient (Wildman–Crippen LogP) is 1.58. The molecule has 0 bridgehead atoms. The molecule has 134 valence electrons. The molecule has 0 unspecified atom stereocenters. The van der Waals surface area contributed by atoms with Gasteiger partial charge in [0.05, 0.1) is 4.90 Å². The number of piperidine rings is 1. The molecule has 1 saturated heterocycles. The lowest BCUT2D eigenvalue weighted by Gasteiger charge is -2.30. The summed E-state index contributed by atoms with van der Waals surface area (Å²) >= 11 is 0. The Labute approximate surface area is 143 Å². The number of anilines is 1. The van der Waals surface area contributed by atoms with Crippen LogP contribution >= 0.6 is 0 Å². The fourth-order valence-corrected chi connectivity index (χ4v) is 3.21. The maximum absolute atomic E-state index is 11.8. The quantitative estimate of drug-likeness (QED) is 0.675. The number of urea groups is 1. The normalized spacial score (nSPS) is 16.8. The molecule has 7 nitrogen and oxygen atoms in total. The third kappa shape index (κ3) is 6.10. The minimum absolute atomic E-state index is 0.0179. The van der Waals surface area contributed by atoms with E-state index in [1.165, 1.54) is 37.1 Å². The largest absolute Gasteiger partial charge is 0.338 e. The van der Waals surface area contributed by atoms with Gasteiger partial charge in [-0.25, -0.2) is 18.4 Å². The fourth-order valence-electron chi connectivity index (χ4n) is 2.69. The molecule has 0 aliphatic carbocycles. The molecule has 24 heavy (non-hydrogen) atoms. The highest BCUT2D eigenvalue weighted by atomic mass is 32.2. The fraction of sp³-hybridized carbons (Fsp3) is 0.562. The van der Waals surface area contributed by atoms with Gasteiger partial charge in [0.25, 0.3) is 0 Å². The number of nitrogens with one attached hydrogen (secondary N) is 2. The number of amides is 2. The van der Waals surface area contributed by atoms with Crippen LogP contribution in [0.5, 0.6) is 0 Å². The van der Waals surface area contributed by atoms with Crippen molar-refractivity contribution in [1.29, 1.82) is 0 Å². The van der Waals surface area contributed by atoms with E-state index in [2.05, 4.69) is 22.5 Å². The molecule has 1 aliphatic rings. The van der Waals surface area contributed by atoms with Gasteiger partial charge in [-0.2, -0.15) is 0 Å². The number of likely N-dealkylation sites (tertiary alicyclic amines) is 1. The Morgan fingerprint density at radius 3 is 2.46 bits per heavy atom. The molecule has 8 heteroatoms. The number of nitrogens with two attached hydrogens (primary N) is 1. The summed E-state index contributed by atoms with van der Waals surface area (Å²) in [5.74, 6) is 0.825. The molecule has 2 rings (SSSR count). The third-order valence-corrected chi connectivity index (χ3v) is 5.18. The van der Waals surface area contributed by atoms with Gasteiger partial charge in [-0.05, 0) is 69.1 Å². The summed E-state index contributed by atoms with van der Waals surface area (Å²) < 4.78 is 22.3. The van der Waals surface area contributed by atoms with Crippen molar-refractivity contribution >= 4 is 21.7 Å². The van der Waals surface area contributed by atoms with Crippen molar-refractivity contribution in [2.75, 3.05) is 31.5 Å². The molecule has 0 aromatic heterocycles. The topological polar surface area (TPSA) is 105 Å². The third-order valence-electron chi connectivity index (χ3n) is 4.25. The molecule has 0 saturated carbocycles. The lowest BCUT2D eigenvalue weighted by atomic mass is 9.99. The van der Waals surface area contributed by atoms with Crippen LogP contribution in [0.3, 0.4) is 0 Å². The summed E-state index contributed by atoms with van der Waals surface area (Å²) in [5, 5.41) is 10.5. The second kappa shape index (κ2) is 8.46. The van der Waals surface area contributed by atoms with E-state index in [1.54, 1.807) is 0 Å². The van der Waals surface area contributed by atoms with Gasteiger partial charge in [0.1, 0.15) is 0 Å². The van der Waals surface area contributed by atoms with Crippen molar-refractivity contribution in [1.82, 2.24) is 10.2 Å². The minimum atomic E-state index is -3.71. The van der Waals surface area contributed by atoms with Crippen LogP contribution in [0, 0.1) is 5.92 Å². The van der Waals surface area contributed by atoms with Crippen LogP contribution < -0.4 is 15.8 Å². The van der Waals surface area contributed by atoms with Crippen LogP contribution in [0.15, 0.2) is 29.2 Å². The molecular formula is C16H26N4O3S. The van der Waals surface area contributed by atoms with Crippen molar-refractivity contribution < 1.29 is 13.2 Å². The van der Waals surface area contributed by atoms with E-state index in [0.29, 0.717) is 12.2 Å². The second-order valence-corrected chi connectivity index (χ2v) is 7.89. The maximum Gasteiger partial charge on any atom is 0.319 e. The van der Waals surface area contributed by atoms with Gasteiger partial charge in [-0.15, -0.1) is 0 Å². The Balaban J connectivity index is 1.66. The van der Waals surface area contributed by atoms with Gasteiger partial charge >= 0.3 is 6.03 Å². The molecule has 0 spiro atoms. The van der Waals surface area contributed by atoms with Crippen molar-refractivity contribution in [2.45, 2.75) is 31.1 Å². The molecule has 2 amide bonds. The average molecular weight is 354 g/mol. The molecule has 1 heterocycles. The first-order valence-electron chi connectivity index (χ1n) is 8.24. The Hall–Kier alpha value is -1.64. The van der Waals surface area contributed by atoms with Crippen molar-refractivity contribution in [3.05, 3.63) is 24.3 Å². The van der Waals surface area contributed by atoms with Crippen LogP contribution in [0.1, 0.15) is 26.2 Å². The first-order chi connectivity index (χ1) is 11.3. The first-order valence-corrected chi connectivity index (χ1v) is 9.79. The Morgan fingerprint density at radius 1 is 1.25 bits per heavy atom. The van der Waals surface area contributed by atoms with Gasteiger partial charge in [0.15, 0.2) is 0 Å². The van der Waals surface area contributed by atoms with Crippen molar-refractivity contribution in [2.24, 2.45) is 11.1 Å². The standard InChI is InChI=1S/C16H26N4O3S/c1-13-7-11-20(12-8-13)10-2-9-18-16(21)19-14-3-5-15(6-4-14)24(17,22)23/h3-6,13H,2,7-12H2,1H3,(H2,17,22,23)(H2,18,19,21). The molecule has 1 aromatic carbocycles. The number of sulfonamides is 1. The van der Waals surface area contributed by atoms with Gasteiger partial charge < -0.3 is 15.5 Å².